The molecule has 138 valence electrons. The highest BCUT2D eigenvalue weighted by Gasteiger charge is 2.18. The molecule has 2 aromatic rings. The minimum atomic E-state index is -0.611. The van der Waals surface area contributed by atoms with Crippen LogP contribution in [0.4, 0.5) is 16.4 Å². The molecule has 0 aliphatic carbocycles. The van der Waals surface area contributed by atoms with Gasteiger partial charge >= 0.3 is 12.0 Å². The lowest BCUT2D eigenvalue weighted by Gasteiger charge is -2.27. The number of nitrogens with one attached hydrogen (secondary N) is 1. The summed E-state index contributed by atoms with van der Waals surface area (Å²) in [4.78, 5) is 26.4. The normalized spacial score (nSPS) is 14.3. The number of aromatic nitrogens is 3. The number of urea groups is 1. The summed E-state index contributed by atoms with van der Waals surface area (Å²) >= 11 is 0. The molecule has 1 aliphatic heterocycles. The van der Waals surface area contributed by atoms with Gasteiger partial charge < -0.3 is 25.4 Å². The zero-order valence-electron chi connectivity index (χ0n) is 14.8. The van der Waals surface area contributed by atoms with Gasteiger partial charge in [0.2, 0.25) is 5.95 Å². The van der Waals surface area contributed by atoms with Crippen molar-refractivity contribution in [1.82, 2.24) is 15.0 Å². The molecule has 26 heavy (non-hydrogen) atoms. The molecule has 9 heteroatoms. The molecule has 1 aromatic carbocycles. The van der Waals surface area contributed by atoms with Gasteiger partial charge in [0.05, 0.1) is 19.3 Å². The number of rotatable bonds is 5. The molecule has 1 aliphatic rings. The number of morpholine rings is 1. The Labute approximate surface area is 151 Å². The van der Waals surface area contributed by atoms with Crippen molar-refractivity contribution in [3.05, 3.63) is 24.3 Å². The summed E-state index contributed by atoms with van der Waals surface area (Å²) in [6, 6.07) is 6.76. The van der Waals surface area contributed by atoms with E-state index in [9.17, 15) is 4.79 Å². The van der Waals surface area contributed by atoms with Crippen molar-refractivity contribution >= 4 is 17.7 Å². The number of hydrogen-bond acceptors (Lipinski definition) is 7. The summed E-state index contributed by atoms with van der Waals surface area (Å²) in [6.07, 6.45) is -0.0510. The van der Waals surface area contributed by atoms with Crippen LogP contribution in [-0.4, -0.2) is 53.4 Å². The predicted octanol–water partition coefficient (Wildman–Crippen LogP) is 1.65. The molecule has 1 aromatic heterocycles. The SMILES string of the molecule is CC(C)Oc1nc(-c2ccc(NC(N)=O)cc2)nc(N2CCOCC2)n1. The predicted molar refractivity (Wildman–Crippen MR) is 97.3 cm³/mol. The Bertz CT molecular complexity index is 760. The quantitative estimate of drug-likeness (QED) is 0.835. The minimum Gasteiger partial charge on any atom is -0.461 e. The third kappa shape index (κ3) is 4.57. The third-order valence-corrected chi connectivity index (χ3v) is 3.65. The van der Waals surface area contributed by atoms with Crippen molar-refractivity contribution in [2.75, 3.05) is 36.5 Å². The fourth-order valence-corrected chi connectivity index (χ4v) is 2.49. The largest absolute Gasteiger partial charge is 0.461 e. The van der Waals surface area contributed by atoms with Crippen molar-refractivity contribution in [3.8, 4) is 17.4 Å². The topological polar surface area (TPSA) is 115 Å². The van der Waals surface area contributed by atoms with Crippen LogP contribution in [0.1, 0.15) is 13.8 Å². The molecule has 0 spiro atoms. The molecule has 2 heterocycles. The van der Waals surface area contributed by atoms with Crippen LogP contribution in [0, 0.1) is 0 Å². The molecule has 1 fully saturated rings. The second-order valence-corrected chi connectivity index (χ2v) is 6.07. The lowest BCUT2D eigenvalue weighted by molar-refractivity contribution is 0.121. The Hall–Kier alpha value is -2.94. The summed E-state index contributed by atoms with van der Waals surface area (Å²) in [5, 5.41) is 2.52. The highest BCUT2D eigenvalue weighted by molar-refractivity contribution is 5.88. The molecule has 0 bridgehead atoms. The minimum absolute atomic E-state index is 0.0510. The number of amides is 2. The molecule has 0 unspecified atom stereocenters. The molecular formula is C17H22N6O3. The molecule has 0 atom stereocenters. The smallest absolute Gasteiger partial charge is 0.322 e. The highest BCUT2D eigenvalue weighted by atomic mass is 16.5. The first-order valence-electron chi connectivity index (χ1n) is 8.43. The van der Waals surface area contributed by atoms with Crippen LogP contribution in [0.15, 0.2) is 24.3 Å². The number of benzene rings is 1. The second kappa shape index (κ2) is 7.96. The first-order chi connectivity index (χ1) is 12.5. The number of anilines is 2. The Kier molecular flexibility index (Phi) is 5.47. The number of nitrogens with zero attached hydrogens (tertiary/aromatic N) is 4. The van der Waals surface area contributed by atoms with Gasteiger partial charge in [0.25, 0.3) is 0 Å². The van der Waals surface area contributed by atoms with E-state index in [-0.39, 0.29) is 12.1 Å². The van der Waals surface area contributed by atoms with E-state index in [1.165, 1.54) is 0 Å². The van der Waals surface area contributed by atoms with Crippen molar-refractivity contribution < 1.29 is 14.3 Å². The fourth-order valence-electron chi connectivity index (χ4n) is 2.49. The van der Waals surface area contributed by atoms with Gasteiger partial charge in [-0.15, -0.1) is 0 Å². The van der Waals surface area contributed by atoms with Crippen LogP contribution in [0.25, 0.3) is 11.4 Å². The van der Waals surface area contributed by atoms with Crippen molar-refractivity contribution in [1.29, 1.82) is 0 Å². The molecule has 2 amide bonds. The standard InChI is InChI=1S/C17H22N6O3/c1-11(2)26-17-21-14(12-3-5-13(6-4-12)19-15(18)24)20-16(22-17)23-7-9-25-10-8-23/h3-6,11H,7-10H2,1-2H3,(H3,18,19,24). The Balaban J connectivity index is 1.92. The van der Waals surface area contributed by atoms with E-state index < -0.39 is 6.03 Å². The first-order valence-corrected chi connectivity index (χ1v) is 8.43. The van der Waals surface area contributed by atoms with Gasteiger partial charge in [-0.3, -0.25) is 0 Å². The molecule has 9 nitrogen and oxygen atoms in total. The first kappa shape index (κ1) is 17.9. The van der Waals surface area contributed by atoms with Crippen LogP contribution < -0.4 is 20.7 Å². The summed E-state index contributed by atoms with van der Waals surface area (Å²) in [6.45, 7) is 6.53. The number of carbonyl (C=O) groups is 1. The van der Waals surface area contributed by atoms with E-state index >= 15 is 0 Å². The van der Waals surface area contributed by atoms with Crippen LogP contribution in [0.3, 0.4) is 0 Å². The third-order valence-electron chi connectivity index (χ3n) is 3.65. The Morgan fingerprint density at radius 2 is 1.88 bits per heavy atom. The van der Waals surface area contributed by atoms with Gasteiger partial charge in [0.15, 0.2) is 5.82 Å². The average Bonchev–Trinajstić information content (AvgIpc) is 2.62. The molecular weight excluding hydrogens is 336 g/mol. The van der Waals surface area contributed by atoms with Gasteiger partial charge in [0, 0.05) is 24.3 Å². The lowest BCUT2D eigenvalue weighted by Crippen LogP contribution is -2.37. The Morgan fingerprint density at radius 3 is 2.50 bits per heavy atom. The zero-order valence-corrected chi connectivity index (χ0v) is 14.8. The van der Waals surface area contributed by atoms with E-state index in [1.54, 1.807) is 12.1 Å². The maximum Gasteiger partial charge on any atom is 0.322 e. The van der Waals surface area contributed by atoms with E-state index in [1.807, 2.05) is 30.9 Å². The van der Waals surface area contributed by atoms with Crippen LogP contribution in [-0.2, 0) is 4.74 Å². The number of nitrogens with two attached hydrogens (primary N) is 1. The fraction of sp³-hybridized carbons (Fsp3) is 0.412. The second-order valence-electron chi connectivity index (χ2n) is 6.07. The van der Waals surface area contributed by atoms with Crippen LogP contribution >= 0.6 is 0 Å². The van der Waals surface area contributed by atoms with Crippen LogP contribution in [0.5, 0.6) is 6.01 Å². The zero-order chi connectivity index (χ0) is 18.5. The molecule has 0 radical (unpaired) electrons. The van der Waals surface area contributed by atoms with Crippen molar-refractivity contribution in [2.24, 2.45) is 5.73 Å². The van der Waals surface area contributed by atoms with Gasteiger partial charge in [-0.05, 0) is 38.1 Å². The number of primary amides is 1. The van der Waals surface area contributed by atoms with E-state index in [4.69, 9.17) is 15.2 Å². The summed E-state index contributed by atoms with van der Waals surface area (Å²) in [5.74, 6) is 1.07. The van der Waals surface area contributed by atoms with Gasteiger partial charge in [0.1, 0.15) is 0 Å². The maximum atomic E-state index is 10.9. The van der Waals surface area contributed by atoms with Gasteiger partial charge in [-0.2, -0.15) is 15.0 Å². The van der Waals surface area contributed by atoms with Crippen molar-refractivity contribution in [3.63, 3.8) is 0 Å². The number of hydrogen-bond donors (Lipinski definition) is 2. The monoisotopic (exact) mass is 358 g/mol. The van der Waals surface area contributed by atoms with Gasteiger partial charge in [-0.1, -0.05) is 0 Å². The summed E-state index contributed by atoms with van der Waals surface area (Å²) in [5.41, 5.74) is 6.51. The van der Waals surface area contributed by atoms with E-state index in [0.717, 1.165) is 5.56 Å². The summed E-state index contributed by atoms with van der Waals surface area (Å²) < 4.78 is 11.1. The van der Waals surface area contributed by atoms with Crippen molar-refractivity contribution in [2.45, 2.75) is 20.0 Å². The molecule has 0 saturated carbocycles. The van der Waals surface area contributed by atoms with E-state index in [0.29, 0.717) is 43.8 Å². The molecule has 3 rings (SSSR count). The van der Waals surface area contributed by atoms with Crippen LogP contribution in [0.2, 0.25) is 0 Å². The Morgan fingerprint density at radius 1 is 1.19 bits per heavy atom. The number of ether oxygens (including phenoxy) is 2. The molecule has 1 saturated heterocycles. The lowest BCUT2D eigenvalue weighted by atomic mass is 10.2. The number of carbonyl (C=O) groups excluding carboxylic acids is 1. The average molecular weight is 358 g/mol. The maximum absolute atomic E-state index is 10.9. The van der Waals surface area contributed by atoms with Gasteiger partial charge in [-0.25, -0.2) is 4.79 Å². The highest BCUT2D eigenvalue weighted by Crippen LogP contribution is 2.23. The molecule has 3 N–H and O–H groups in total. The van der Waals surface area contributed by atoms with E-state index in [2.05, 4.69) is 20.3 Å². The summed E-state index contributed by atoms with van der Waals surface area (Å²) in [7, 11) is 0.